The van der Waals surface area contributed by atoms with Crippen molar-refractivity contribution >= 4 is 29.1 Å². The lowest BCUT2D eigenvalue weighted by molar-refractivity contribution is -0.225. The third kappa shape index (κ3) is 5.04. The number of carboxylic acids is 1. The third-order valence-electron chi connectivity index (χ3n) is 15.9. The first-order chi connectivity index (χ1) is 23.1. The van der Waals surface area contributed by atoms with Crippen LogP contribution in [0, 0.1) is 56.7 Å². The summed E-state index contributed by atoms with van der Waals surface area (Å²) in [5.74, 6) is 1.77. The van der Waals surface area contributed by atoms with Gasteiger partial charge in [0.25, 0.3) is 0 Å². The molecule has 0 radical (unpaired) electrons. The summed E-state index contributed by atoms with van der Waals surface area (Å²) in [5.41, 5.74) is 5.41. The number of nitrogens with one attached hydrogen (secondary N) is 1. The highest BCUT2D eigenvalue weighted by Gasteiger charge is 2.71. The summed E-state index contributed by atoms with van der Waals surface area (Å²) >= 11 is 6.14. The fourth-order valence-corrected chi connectivity index (χ4v) is 13.5. The normalized spacial score (nSPS) is 39.0. The van der Waals surface area contributed by atoms with Crippen LogP contribution >= 0.6 is 11.6 Å². The van der Waals surface area contributed by atoms with Crippen LogP contribution in [0.4, 0.5) is 0 Å². The number of fused-ring (bicyclic) bond motifs is 7. The third-order valence-corrected chi connectivity index (χ3v) is 16.2. The lowest BCUT2D eigenvalue weighted by Crippen LogP contribution is -2.66. The van der Waals surface area contributed by atoms with Crippen molar-refractivity contribution in [2.24, 2.45) is 56.7 Å². The van der Waals surface area contributed by atoms with Gasteiger partial charge in [0.05, 0.1) is 11.0 Å². The van der Waals surface area contributed by atoms with Crippen molar-refractivity contribution in [2.75, 3.05) is 0 Å². The van der Waals surface area contributed by atoms with Crippen molar-refractivity contribution in [3.8, 4) is 0 Å². The van der Waals surface area contributed by atoms with Crippen molar-refractivity contribution in [1.82, 2.24) is 5.32 Å². The van der Waals surface area contributed by atoms with Crippen molar-refractivity contribution < 1.29 is 14.7 Å². The molecular weight excluding hydrogens is 626 g/mol. The number of carboxylic acid groups (broad SMARTS) is 1. The maximum absolute atomic E-state index is 14.5. The van der Waals surface area contributed by atoms with Gasteiger partial charge in [-0.25, -0.2) is 4.79 Å². The number of carbonyl (C=O) groups is 2. The predicted molar refractivity (Wildman–Crippen MR) is 199 cm³/mol. The largest absolute Gasteiger partial charge is 0.478 e. The second-order valence-corrected chi connectivity index (χ2v) is 18.5. The molecule has 0 heterocycles. The Hall–Kier alpha value is -2.85. The van der Waals surface area contributed by atoms with Gasteiger partial charge in [0.15, 0.2) is 0 Å². The van der Waals surface area contributed by atoms with Crippen LogP contribution in [0.5, 0.6) is 0 Å². The minimum absolute atomic E-state index is 0.0166. The molecule has 2 N–H and O–H groups in total. The number of aromatic carboxylic acids is 1. The first-order valence-corrected chi connectivity index (χ1v) is 19.2. The number of carbonyl (C=O) groups excluding carboxylic acids is 1. The molecule has 0 saturated heterocycles. The van der Waals surface area contributed by atoms with E-state index < -0.39 is 5.97 Å². The van der Waals surface area contributed by atoms with Crippen LogP contribution in [0.15, 0.2) is 66.8 Å². The molecule has 0 unspecified atom stereocenters. The topological polar surface area (TPSA) is 66.4 Å². The van der Waals surface area contributed by atoms with E-state index in [1.807, 2.05) is 36.4 Å². The van der Waals surface area contributed by atoms with E-state index in [4.69, 9.17) is 11.6 Å². The fourth-order valence-electron chi connectivity index (χ4n) is 13.4. The van der Waals surface area contributed by atoms with E-state index >= 15 is 0 Å². The van der Waals surface area contributed by atoms with E-state index in [1.54, 1.807) is 12.1 Å². The number of hydrogen-bond donors (Lipinski definition) is 2. The predicted octanol–water partition coefficient (Wildman–Crippen LogP) is 11.0. The summed E-state index contributed by atoms with van der Waals surface area (Å²) in [6, 6.07) is 15.4. The highest BCUT2D eigenvalue weighted by atomic mass is 35.5. The Kier molecular flexibility index (Phi) is 8.37. The van der Waals surface area contributed by atoms with Crippen LogP contribution in [0.2, 0.25) is 5.02 Å². The van der Waals surface area contributed by atoms with Gasteiger partial charge in [-0.3, -0.25) is 4.79 Å². The molecule has 5 aliphatic rings. The van der Waals surface area contributed by atoms with Gasteiger partial charge in [-0.1, -0.05) is 88.7 Å². The molecule has 5 aliphatic carbocycles. The smallest absolute Gasteiger partial charge is 0.335 e. The second kappa shape index (κ2) is 11.9. The fraction of sp³-hybridized carbons (Fsp3) is 0.591. The molecule has 0 aliphatic heterocycles. The number of halogens is 1. The number of hydrogen-bond acceptors (Lipinski definition) is 2. The molecule has 5 heteroatoms. The van der Waals surface area contributed by atoms with Crippen molar-refractivity contribution in [3.63, 3.8) is 0 Å². The van der Waals surface area contributed by atoms with E-state index in [0.29, 0.717) is 46.7 Å². The van der Waals surface area contributed by atoms with Crippen LogP contribution in [-0.2, 0) is 11.3 Å². The summed E-state index contributed by atoms with van der Waals surface area (Å²) in [7, 11) is 0. The van der Waals surface area contributed by atoms with E-state index in [-0.39, 0.29) is 33.0 Å². The summed E-state index contributed by atoms with van der Waals surface area (Å²) < 4.78 is 0. The van der Waals surface area contributed by atoms with Gasteiger partial charge in [0, 0.05) is 11.6 Å². The number of allylic oxidation sites excluding steroid dienone is 3. The lowest BCUT2D eigenvalue weighted by atomic mass is 9.32. The van der Waals surface area contributed by atoms with E-state index in [9.17, 15) is 14.7 Å². The minimum atomic E-state index is -0.877. The van der Waals surface area contributed by atoms with E-state index in [2.05, 4.69) is 59.5 Å². The number of rotatable bonds is 6. The number of amides is 1. The Balaban J connectivity index is 1.19. The van der Waals surface area contributed by atoms with Gasteiger partial charge in [-0.2, -0.15) is 0 Å². The van der Waals surface area contributed by atoms with Crippen LogP contribution in [-0.4, -0.2) is 17.0 Å². The highest BCUT2D eigenvalue weighted by molar-refractivity contribution is 6.30. The molecule has 49 heavy (non-hydrogen) atoms. The molecular formula is C44H56ClNO3. The van der Waals surface area contributed by atoms with E-state index in [0.717, 1.165) is 43.2 Å². The zero-order chi connectivity index (χ0) is 35.1. The van der Waals surface area contributed by atoms with Crippen LogP contribution < -0.4 is 5.32 Å². The summed E-state index contributed by atoms with van der Waals surface area (Å²) in [6.07, 6.45) is 12.5. The monoisotopic (exact) mass is 681 g/mol. The molecule has 262 valence electrons. The summed E-state index contributed by atoms with van der Waals surface area (Å²) in [4.78, 5) is 26.0. The molecule has 0 spiro atoms. The summed E-state index contributed by atoms with van der Waals surface area (Å²) in [6.45, 7) is 20.1. The molecule has 0 bridgehead atoms. The van der Waals surface area contributed by atoms with Gasteiger partial charge in [-0.05, 0) is 157 Å². The maximum Gasteiger partial charge on any atom is 0.335 e. The zero-order valence-electron chi connectivity index (χ0n) is 30.5. The zero-order valence-corrected chi connectivity index (χ0v) is 31.3. The van der Waals surface area contributed by atoms with Gasteiger partial charge < -0.3 is 10.4 Å². The Bertz CT molecular complexity index is 1690. The minimum Gasteiger partial charge on any atom is -0.478 e. The SMILES string of the molecule is C=C(C)[C@@H]1CC[C@]2(C(=O)NCc3ccc(Cl)cc3)CC[C@]3(C)[C@H](CC[C@@H]4[C@@]5(C)CC=C(c6ccc(C(=O)O)cc6)C(C)(C)[C@@H]5CC[C@]43C)[C@@H]12. The molecule has 9 atom stereocenters. The molecule has 2 aromatic rings. The van der Waals surface area contributed by atoms with Crippen molar-refractivity contribution in [3.05, 3.63) is 88.5 Å². The molecule has 4 nitrogen and oxygen atoms in total. The maximum atomic E-state index is 14.5. The van der Waals surface area contributed by atoms with Crippen LogP contribution in [0.25, 0.3) is 5.57 Å². The number of benzene rings is 2. The Morgan fingerprint density at radius 3 is 2.20 bits per heavy atom. The Labute approximate surface area is 299 Å². The van der Waals surface area contributed by atoms with Crippen LogP contribution in [0.3, 0.4) is 0 Å². The van der Waals surface area contributed by atoms with Crippen molar-refractivity contribution in [1.29, 1.82) is 0 Å². The molecule has 1 amide bonds. The highest BCUT2D eigenvalue weighted by Crippen LogP contribution is 2.77. The molecule has 2 aromatic carbocycles. The average Bonchev–Trinajstić information content (AvgIpc) is 3.46. The standard InChI is InChI=1S/C44H56ClNO3/c1-27(2)32-18-23-44(39(49)46-26-28-8-14-31(45)15-9-28)25-24-42(6)34(37(32)44)16-17-36-41(5)21-19-33(29-10-12-30(13-11-29)38(47)48)40(3,4)35(41)20-22-43(36,42)7/h8-15,19,32,34-37H,1,16-18,20-26H2,2-7H3,(H,46,49)(H,47,48)/t32-,34+,35-,36+,37+,41-,42+,43+,44-/m0/s1. The quantitative estimate of drug-likeness (QED) is 0.298. The molecule has 0 aromatic heterocycles. The van der Waals surface area contributed by atoms with Crippen molar-refractivity contribution in [2.45, 2.75) is 106 Å². The van der Waals surface area contributed by atoms with Gasteiger partial charge >= 0.3 is 5.97 Å². The molecule has 4 saturated carbocycles. The summed E-state index contributed by atoms with van der Waals surface area (Å²) in [5, 5.41) is 13.6. The second-order valence-electron chi connectivity index (χ2n) is 18.1. The molecule has 4 fully saturated rings. The Morgan fingerprint density at radius 2 is 1.55 bits per heavy atom. The van der Waals surface area contributed by atoms with Gasteiger partial charge in [0.1, 0.15) is 0 Å². The first-order valence-electron chi connectivity index (χ1n) is 18.8. The van der Waals surface area contributed by atoms with Crippen LogP contribution in [0.1, 0.15) is 121 Å². The Morgan fingerprint density at radius 1 is 0.857 bits per heavy atom. The first kappa shape index (κ1) is 34.6. The van der Waals surface area contributed by atoms with Gasteiger partial charge in [0.2, 0.25) is 5.91 Å². The van der Waals surface area contributed by atoms with Gasteiger partial charge in [-0.15, -0.1) is 0 Å². The lowest BCUT2D eigenvalue weighted by Gasteiger charge is -2.72. The molecule has 7 rings (SSSR count). The average molecular weight is 682 g/mol. The van der Waals surface area contributed by atoms with E-state index in [1.165, 1.54) is 36.8 Å².